The summed E-state index contributed by atoms with van der Waals surface area (Å²) in [4.78, 5) is 34.7. The lowest BCUT2D eigenvalue weighted by Crippen LogP contribution is -2.62. The van der Waals surface area contributed by atoms with Crippen LogP contribution in [-0.4, -0.2) is 53.4 Å². The highest BCUT2D eigenvalue weighted by atomic mass is 16.5. The fourth-order valence-corrected chi connectivity index (χ4v) is 5.75. The number of aryl methyl sites for hydroxylation is 1. The van der Waals surface area contributed by atoms with Crippen molar-refractivity contribution in [3.05, 3.63) is 94.7 Å². The molecule has 0 saturated carbocycles. The molecule has 1 fully saturated rings. The molecule has 0 bridgehead atoms. The van der Waals surface area contributed by atoms with Gasteiger partial charge in [-0.3, -0.25) is 9.59 Å². The smallest absolute Gasteiger partial charge is 0.246 e. The molecule has 0 spiro atoms. The van der Waals surface area contributed by atoms with E-state index in [9.17, 15) is 9.59 Å². The third kappa shape index (κ3) is 3.82. The molecule has 3 heterocycles. The fourth-order valence-electron chi connectivity index (χ4n) is 5.75. The second-order valence-corrected chi connectivity index (χ2v) is 9.78. The van der Waals surface area contributed by atoms with Crippen LogP contribution in [-0.2, 0) is 22.6 Å². The number of methoxy groups -OCH3 is 2. The number of carbonyl (C=O) groups is 2. The van der Waals surface area contributed by atoms with Crippen molar-refractivity contribution >= 4 is 22.7 Å². The quantitative estimate of drug-likeness (QED) is 0.446. The first kappa shape index (κ1) is 23.2. The Balaban J connectivity index is 1.40. The van der Waals surface area contributed by atoms with E-state index >= 15 is 0 Å². The molecule has 37 heavy (non-hydrogen) atoms. The summed E-state index contributed by atoms with van der Waals surface area (Å²) in [5.74, 6) is 1.12. The number of aromatic amines is 1. The van der Waals surface area contributed by atoms with E-state index in [0.717, 1.165) is 38.9 Å². The molecular weight excluding hydrogens is 466 g/mol. The van der Waals surface area contributed by atoms with Gasteiger partial charge in [-0.1, -0.05) is 54.1 Å². The lowest BCUT2D eigenvalue weighted by Gasteiger charge is -2.47. The summed E-state index contributed by atoms with van der Waals surface area (Å²) in [5, 5.41) is 1.10. The maximum absolute atomic E-state index is 14.0. The standard InChI is InChI=1S/C30H29N3O4/c1-18-8-11-20(12-9-18)29-28-22(21-6-4-5-7-23(21)31-28)15-24-30(35)32(17-27(34)33(24)29)16-19-10-13-25(36-2)26(14-19)37-3/h4-14,24,29,31H,15-17H2,1-3H3/t24-,29?/m0/s1. The molecule has 3 aromatic carbocycles. The molecule has 1 aromatic heterocycles. The van der Waals surface area contributed by atoms with Crippen LogP contribution in [0.1, 0.15) is 34.0 Å². The highest BCUT2D eigenvalue weighted by molar-refractivity contribution is 5.97. The summed E-state index contributed by atoms with van der Waals surface area (Å²) >= 11 is 0. The molecule has 7 heteroatoms. The molecule has 2 amide bonds. The van der Waals surface area contributed by atoms with Gasteiger partial charge in [-0.15, -0.1) is 0 Å². The molecule has 0 aliphatic carbocycles. The Hall–Kier alpha value is -4.26. The Labute approximate surface area is 215 Å². The van der Waals surface area contributed by atoms with Crippen molar-refractivity contribution in [3.8, 4) is 11.5 Å². The van der Waals surface area contributed by atoms with Gasteiger partial charge in [-0.05, 0) is 41.8 Å². The zero-order valence-electron chi connectivity index (χ0n) is 21.2. The number of piperazine rings is 1. The van der Waals surface area contributed by atoms with Gasteiger partial charge in [-0.2, -0.15) is 0 Å². The Kier molecular flexibility index (Phi) is 5.63. The van der Waals surface area contributed by atoms with E-state index in [2.05, 4.69) is 35.3 Å². The summed E-state index contributed by atoms with van der Waals surface area (Å²) in [6.45, 7) is 2.40. The number of ether oxygens (including phenoxy) is 2. The van der Waals surface area contributed by atoms with Gasteiger partial charge >= 0.3 is 0 Å². The number of rotatable bonds is 5. The van der Waals surface area contributed by atoms with Gasteiger partial charge in [0.25, 0.3) is 0 Å². The molecule has 2 aliphatic heterocycles. The minimum atomic E-state index is -0.570. The van der Waals surface area contributed by atoms with Gasteiger partial charge in [0.15, 0.2) is 11.5 Å². The average molecular weight is 496 g/mol. The van der Waals surface area contributed by atoms with Crippen molar-refractivity contribution in [1.29, 1.82) is 0 Å². The molecule has 7 nitrogen and oxygen atoms in total. The number of nitrogens with one attached hydrogen (secondary N) is 1. The third-order valence-corrected chi connectivity index (χ3v) is 7.56. The minimum absolute atomic E-state index is 0.0294. The van der Waals surface area contributed by atoms with Crippen LogP contribution in [0.15, 0.2) is 66.7 Å². The van der Waals surface area contributed by atoms with Gasteiger partial charge in [0.1, 0.15) is 12.6 Å². The van der Waals surface area contributed by atoms with Crippen LogP contribution < -0.4 is 9.47 Å². The summed E-state index contributed by atoms with van der Waals surface area (Å²) in [6, 6.07) is 21.0. The number of H-pyrrole nitrogens is 1. The maximum atomic E-state index is 14.0. The van der Waals surface area contributed by atoms with Crippen molar-refractivity contribution in [2.45, 2.75) is 32.0 Å². The van der Waals surface area contributed by atoms with Crippen LogP contribution in [0.2, 0.25) is 0 Å². The molecule has 4 aromatic rings. The van der Waals surface area contributed by atoms with Gasteiger partial charge in [-0.25, -0.2) is 0 Å². The SMILES string of the molecule is COc1ccc(CN2CC(=O)N3C(c4ccc(C)cc4)c4[nH]c5ccccc5c4C[C@H]3C2=O)cc1OC. The number of fused-ring (bicyclic) bond motifs is 4. The lowest BCUT2D eigenvalue weighted by atomic mass is 9.86. The Morgan fingerprint density at radius 1 is 0.946 bits per heavy atom. The van der Waals surface area contributed by atoms with Gasteiger partial charge < -0.3 is 24.3 Å². The normalized spacial score (nSPS) is 19.1. The zero-order chi connectivity index (χ0) is 25.7. The number of carbonyl (C=O) groups excluding carboxylic acids is 2. The molecule has 1 saturated heterocycles. The fraction of sp³-hybridized carbons (Fsp3) is 0.267. The average Bonchev–Trinajstić information content (AvgIpc) is 3.29. The van der Waals surface area contributed by atoms with E-state index in [1.54, 1.807) is 24.0 Å². The molecule has 0 radical (unpaired) electrons. The number of hydrogen-bond acceptors (Lipinski definition) is 4. The van der Waals surface area contributed by atoms with E-state index in [4.69, 9.17) is 9.47 Å². The highest BCUT2D eigenvalue weighted by Crippen LogP contribution is 2.42. The van der Waals surface area contributed by atoms with Gasteiger partial charge in [0.2, 0.25) is 11.8 Å². The molecule has 2 aliphatic rings. The minimum Gasteiger partial charge on any atom is -0.493 e. The maximum Gasteiger partial charge on any atom is 0.246 e. The number of nitrogens with zero attached hydrogens (tertiary/aromatic N) is 2. The molecule has 6 rings (SSSR count). The predicted molar refractivity (Wildman–Crippen MR) is 141 cm³/mol. The van der Waals surface area contributed by atoms with Crippen molar-refractivity contribution < 1.29 is 19.1 Å². The van der Waals surface area contributed by atoms with Crippen LogP contribution in [0, 0.1) is 6.92 Å². The zero-order valence-corrected chi connectivity index (χ0v) is 21.2. The molecule has 1 N–H and O–H groups in total. The number of benzene rings is 3. The summed E-state index contributed by atoms with van der Waals surface area (Å²) in [7, 11) is 3.17. The lowest BCUT2D eigenvalue weighted by molar-refractivity contribution is -0.159. The number of aromatic nitrogens is 1. The number of hydrogen-bond donors (Lipinski definition) is 1. The van der Waals surface area contributed by atoms with Crippen LogP contribution >= 0.6 is 0 Å². The van der Waals surface area contributed by atoms with E-state index in [-0.39, 0.29) is 24.4 Å². The molecule has 2 atom stereocenters. The highest BCUT2D eigenvalue weighted by Gasteiger charge is 2.48. The second-order valence-electron chi connectivity index (χ2n) is 9.78. The number of amides is 2. The molecule has 1 unspecified atom stereocenters. The van der Waals surface area contributed by atoms with Crippen LogP contribution in [0.25, 0.3) is 10.9 Å². The Bertz CT molecular complexity index is 1510. The monoisotopic (exact) mass is 495 g/mol. The molecule has 188 valence electrons. The van der Waals surface area contributed by atoms with E-state index < -0.39 is 6.04 Å². The first-order valence-corrected chi connectivity index (χ1v) is 12.5. The van der Waals surface area contributed by atoms with Gasteiger partial charge in [0, 0.05) is 29.6 Å². The van der Waals surface area contributed by atoms with Crippen molar-refractivity contribution in [2.24, 2.45) is 0 Å². The van der Waals surface area contributed by atoms with E-state index in [0.29, 0.717) is 24.5 Å². The van der Waals surface area contributed by atoms with Crippen LogP contribution in [0.5, 0.6) is 11.5 Å². The van der Waals surface area contributed by atoms with Crippen molar-refractivity contribution in [2.75, 3.05) is 20.8 Å². The summed E-state index contributed by atoms with van der Waals surface area (Å²) in [6.07, 6.45) is 0.481. The largest absolute Gasteiger partial charge is 0.493 e. The van der Waals surface area contributed by atoms with E-state index in [1.807, 2.05) is 43.3 Å². The van der Waals surface area contributed by atoms with Crippen molar-refractivity contribution in [3.63, 3.8) is 0 Å². The topological polar surface area (TPSA) is 74.9 Å². The number of para-hydroxylation sites is 1. The third-order valence-electron chi connectivity index (χ3n) is 7.56. The molecular formula is C30H29N3O4. The van der Waals surface area contributed by atoms with Gasteiger partial charge in [0.05, 0.1) is 20.3 Å². The van der Waals surface area contributed by atoms with E-state index in [1.165, 1.54) is 0 Å². The van der Waals surface area contributed by atoms with Crippen LogP contribution in [0.3, 0.4) is 0 Å². The Morgan fingerprint density at radius 3 is 2.46 bits per heavy atom. The Morgan fingerprint density at radius 2 is 1.70 bits per heavy atom. The van der Waals surface area contributed by atoms with Crippen molar-refractivity contribution in [1.82, 2.24) is 14.8 Å². The first-order chi connectivity index (χ1) is 18.0. The van der Waals surface area contributed by atoms with Crippen LogP contribution in [0.4, 0.5) is 0 Å². The summed E-state index contributed by atoms with van der Waals surface area (Å²) in [5.41, 5.74) is 6.15. The first-order valence-electron chi connectivity index (χ1n) is 12.5. The second kappa shape index (κ2) is 9.00. The predicted octanol–water partition coefficient (Wildman–Crippen LogP) is 4.38. The summed E-state index contributed by atoms with van der Waals surface area (Å²) < 4.78 is 10.8.